The number of aromatic nitrogens is 1. The van der Waals surface area contributed by atoms with Gasteiger partial charge in [0.1, 0.15) is 5.75 Å². The molecular weight excluding hydrogens is 248 g/mol. The first-order valence-corrected chi connectivity index (χ1v) is 6.83. The molecule has 0 aliphatic rings. The smallest absolute Gasteiger partial charge is 0.128 e. The summed E-state index contributed by atoms with van der Waals surface area (Å²) in [6, 6.07) is 16.3. The molecule has 3 heteroatoms. The van der Waals surface area contributed by atoms with E-state index in [0.29, 0.717) is 6.61 Å². The lowest BCUT2D eigenvalue weighted by Crippen LogP contribution is -1.99. The van der Waals surface area contributed by atoms with Crippen LogP contribution in [0.2, 0.25) is 0 Å². The molecule has 3 aromatic rings. The second-order valence-corrected chi connectivity index (χ2v) is 4.81. The van der Waals surface area contributed by atoms with Crippen molar-refractivity contribution in [3.05, 3.63) is 60.3 Å². The standard InChI is InChI=1S/C17H18N2O/c1-2-20-17-8-4-7-16-15(17)9-10-19(16)12-13-5-3-6-14(18)11-13/h3-11H,2,12,18H2,1H3. The van der Waals surface area contributed by atoms with Gasteiger partial charge in [0.05, 0.1) is 12.1 Å². The molecule has 0 unspecified atom stereocenters. The Hall–Kier alpha value is -2.42. The minimum atomic E-state index is 0.680. The summed E-state index contributed by atoms with van der Waals surface area (Å²) in [7, 11) is 0. The molecule has 0 bridgehead atoms. The van der Waals surface area contributed by atoms with Crippen LogP contribution in [0, 0.1) is 0 Å². The van der Waals surface area contributed by atoms with Gasteiger partial charge in [-0.2, -0.15) is 0 Å². The van der Waals surface area contributed by atoms with Gasteiger partial charge in [-0.15, -0.1) is 0 Å². The van der Waals surface area contributed by atoms with Crippen molar-refractivity contribution in [2.24, 2.45) is 0 Å². The number of nitrogens with two attached hydrogens (primary N) is 1. The van der Waals surface area contributed by atoms with Crippen molar-refractivity contribution in [3.63, 3.8) is 0 Å². The number of nitrogens with zero attached hydrogens (tertiary/aromatic N) is 1. The van der Waals surface area contributed by atoms with Crippen LogP contribution in [-0.2, 0) is 6.54 Å². The Balaban J connectivity index is 1.98. The zero-order valence-electron chi connectivity index (χ0n) is 11.5. The zero-order chi connectivity index (χ0) is 13.9. The number of rotatable bonds is 4. The van der Waals surface area contributed by atoms with Crippen LogP contribution in [0.1, 0.15) is 12.5 Å². The maximum Gasteiger partial charge on any atom is 0.128 e. The maximum absolute atomic E-state index is 5.83. The summed E-state index contributed by atoms with van der Waals surface area (Å²) in [5.41, 5.74) is 9.01. The first kappa shape index (κ1) is 12.6. The molecule has 0 saturated carbocycles. The summed E-state index contributed by atoms with van der Waals surface area (Å²) < 4.78 is 7.88. The van der Waals surface area contributed by atoms with Gasteiger partial charge < -0.3 is 15.0 Å². The summed E-state index contributed by atoms with van der Waals surface area (Å²) in [5, 5.41) is 1.15. The minimum absolute atomic E-state index is 0.680. The molecule has 0 saturated heterocycles. The predicted molar refractivity (Wildman–Crippen MR) is 83.1 cm³/mol. The molecule has 0 spiro atoms. The van der Waals surface area contributed by atoms with Gasteiger partial charge in [-0.3, -0.25) is 0 Å². The highest BCUT2D eigenvalue weighted by Crippen LogP contribution is 2.27. The second kappa shape index (κ2) is 5.29. The quantitative estimate of drug-likeness (QED) is 0.732. The van der Waals surface area contributed by atoms with Crippen molar-refractivity contribution in [1.82, 2.24) is 4.57 Å². The fourth-order valence-corrected chi connectivity index (χ4v) is 2.50. The Morgan fingerprint density at radius 3 is 2.75 bits per heavy atom. The molecule has 2 aromatic carbocycles. The maximum atomic E-state index is 5.83. The summed E-state index contributed by atoms with van der Waals surface area (Å²) in [5.74, 6) is 0.941. The molecule has 20 heavy (non-hydrogen) atoms. The van der Waals surface area contributed by atoms with Gasteiger partial charge in [-0.1, -0.05) is 18.2 Å². The van der Waals surface area contributed by atoms with E-state index in [9.17, 15) is 0 Å². The summed E-state index contributed by atoms with van der Waals surface area (Å²) in [6.07, 6.45) is 2.09. The third kappa shape index (κ3) is 2.35. The molecule has 1 aromatic heterocycles. The molecule has 0 fully saturated rings. The van der Waals surface area contributed by atoms with Gasteiger partial charge in [0.2, 0.25) is 0 Å². The van der Waals surface area contributed by atoms with Gasteiger partial charge in [0.15, 0.2) is 0 Å². The number of nitrogen functional groups attached to an aromatic ring is 1. The summed E-state index contributed by atoms with van der Waals surface area (Å²) in [4.78, 5) is 0. The highest BCUT2D eigenvalue weighted by Gasteiger charge is 2.06. The monoisotopic (exact) mass is 266 g/mol. The van der Waals surface area contributed by atoms with Gasteiger partial charge in [0.25, 0.3) is 0 Å². The van der Waals surface area contributed by atoms with Crippen LogP contribution in [-0.4, -0.2) is 11.2 Å². The molecular formula is C17H18N2O. The van der Waals surface area contributed by atoms with Crippen LogP contribution >= 0.6 is 0 Å². The van der Waals surface area contributed by atoms with Gasteiger partial charge >= 0.3 is 0 Å². The van der Waals surface area contributed by atoms with Crippen LogP contribution in [0.4, 0.5) is 5.69 Å². The average Bonchev–Trinajstić information content (AvgIpc) is 2.84. The number of hydrogen-bond acceptors (Lipinski definition) is 2. The Morgan fingerprint density at radius 1 is 1.10 bits per heavy atom. The first-order chi connectivity index (χ1) is 9.78. The van der Waals surface area contributed by atoms with E-state index in [2.05, 4.69) is 29.0 Å². The normalized spacial score (nSPS) is 10.8. The molecule has 0 amide bonds. The van der Waals surface area contributed by atoms with Crippen molar-refractivity contribution in [3.8, 4) is 5.75 Å². The van der Waals surface area contributed by atoms with E-state index in [1.807, 2.05) is 37.3 Å². The van der Waals surface area contributed by atoms with E-state index in [1.54, 1.807) is 0 Å². The SMILES string of the molecule is CCOc1cccc2c1ccn2Cc1cccc(N)c1. The van der Waals surface area contributed by atoms with Crippen molar-refractivity contribution >= 4 is 16.6 Å². The average molecular weight is 266 g/mol. The van der Waals surface area contributed by atoms with Crippen LogP contribution in [0.25, 0.3) is 10.9 Å². The van der Waals surface area contributed by atoms with Gasteiger partial charge in [-0.05, 0) is 42.8 Å². The topological polar surface area (TPSA) is 40.2 Å². The molecule has 0 aliphatic heterocycles. The Labute approximate surface area is 118 Å². The summed E-state index contributed by atoms with van der Waals surface area (Å²) >= 11 is 0. The molecule has 0 aliphatic carbocycles. The van der Waals surface area contributed by atoms with Gasteiger partial charge in [-0.25, -0.2) is 0 Å². The summed E-state index contributed by atoms with van der Waals surface area (Å²) in [6.45, 7) is 3.49. The molecule has 3 rings (SSSR count). The lowest BCUT2D eigenvalue weighted by atomic mass is 10.2. The fraction of sp³-hybridized carbons (Fsp3) is 0.176. The van der Waals surface area contributed by atoms with E-state index >= 15 is 0 Å². The number of hydrogen-bond donors (Lipinski definition) is 1. The zero-order valence-corrected chi connectivity index (χ0v) is 11.5. The molecule has 2 N–H and O–H groups in total. The van der Waals surface area contributed by atoms with Crippen LogP contribution in [0.5, 0.6) is 5.75 Å². The van der Waals surface area contributed by atoms with E-state index in [0.717, 1.165) is 23.4 Å². The second-order valence-electron chi connectivity index (χ2n) is 4.81. The predicted octanol–water partition coefficient (Wildman–Crippen LogP) is 3.67. The number of fused-ring (bicyclic) bond motifs is 1. The van der Waals surface area contributed by atoms with E-state index in [-0.39, 0.29) is 0 Å². The van der Waals surface area contributed by atoms with E-state index in [4.69, 9.17) is 10.5 Å². The third-order valence-corrected chi connectivity index (χ3v) is 3.38. The van der Waals surface area contributed by atoms with Crippen LogP contribution in [0.3, 0.4) is 0 Å². The minimum Gasteiger partial charge on any atom is -0.493 e. The highest BCUT2D eigenvalue weighted by molar-refractivity contribution is 5.86. The van der Waals surface area contributed by atoms with Crippen LogP contribution in [0.15, 0.2) is 54.7 Å². The third-order valence-electron chi connectivity index (χ3n) is 3.38. The Kier molecular flexibility index (Phi) is 3.33. The van der Waals surface area contributed by atoms with Crippen LogP contribution < -0.4 is 10.5 Å². The highest BCUT2D eigenvalue weighted by atomic mass is 16.5. The van der Waals surface area contributed by atoms with E-state index in [1.165, 1.54) is 11.1 Å². The lowest BCUT2D eigenvalue weighted by Gasteiger charge is -2.08. The first-order valence-electron chi connectivity index (χ1n) is 6.83. The Bertz CT molecular complexity index is 731. The van der Waals surface area contributed by atoms with Crippen molar-refractivity contribution in [1.29, 1.82) is 0 Å². The molecule has 0 atom stereocenters. The van der Waals surface area contributed by atoms with E-state index < -0.39 is 0 Å². The van der Waals surface area contributed by atoms with Crippen molar-refractivity contribution < 1.29 is 4.74 Å². The number of anilines is 1. The molecule has 1 heterocycles. The molecule has 102 valence electrons. The van der Waals surface area contributed by atoms with Crippen molar-refractivity contribution in [2.75, 3.05) is 12.3 Å². The fourth-order valence-electron chi connectivity index (χ4n) is 2.50. The largest absolute Gasteiger partial charge is 0.493 e. The molecule has 0 radical (unpaired) electrons. The van der Waals surface area contributed by atoms with Crippen molar-refractivity contribution in [2.45, 2.75) is 13.5 Å². The van der Waals surface area contributed by atoms with Gasteiger partial charge in [0, 0.05) is 23.8 Å². The molecule has 3 nitrogen and oxygen atoms in total. The number of benzene rings is 2. The lowest BCUT2D eigenvalue weighted by molar-refractivity contribution is 0.344. The number of ether oxygens (including phenoxy) is 1. The Morgan fingerprint density at radius 2 is 1.95 bits per heavy atom.